The number of methoxy groups -OCH3 is 1. The Morgan fingerprint density at radius 1 is 1.16 bits per heavy atom. The van der Waals surface area contributed by atoms with Crippen LogP contribution in [0.2, 0.25) is 0 Å². The maximum absolute atomic E-state index is 13.8. The summed E-state index contributed by atoms with van der Waals surface area (Å²) in [6, 6.07) is 17.3. The van der Waals surface area contributed by atoms with Crippen molar-refractivity contribution in [2.24, 2.45) is 5.73 Å². The Balaban J connectivity index is 1.86. The van der Waals surface area contributed by atoms with Crippen molar-refractivity contribution in [3.63, 3.8) is 0 Å². The minimum Gasteiger partial charge on any atom is -0.481 e. The number of aryl methyl sites for hydroxylation is 1. The Bertz CT molecular complexity index is 1410. The summed E-state index contributed by atoms with van der Waals surface area (Å²) in [5.74, 6) is 0.299. The van der Waals surface area contributed by atoms with Gasteiger partial charge in [0.05, 0.1) is 35.5 Å². The van der Waals surface area contributed by atoms with E-state index < -0.39 is 10.0 Å². The summed E-state index contributed by atoms with van der Waals surface area (Å²) in [4.78, 5) is 4.41. The number of aromatic nitrogens is 2. The first-order valence-corrected chi connectivity index (χ1v) is 11.8. The number of nitrogens with zero attached hydrogens (tertiary/aromatic N) is 2. The van der Waals surface area contributed by atoms with Gasteiger partial charge in [0, 0.05) is 23.1 Å². The predicted octanol–water partition coefficient (Wildman–Crippen LogP) is 3.39. The van der Waals surface area contributed by atoms with Crippen molar-refractivity contribution in [2.45, 2.75) is 30.4 Å². The lowest BCUT2D eigenvalue weighted by Gasteiger charge is -2.14. The van der Waals surface area contributed by atoms with E-state index in [-0.39, 0.29) is 17.5 Å². The molecule has 4 aromatic rings. The van der Waals surface area contributed by atoms with Gasteiger partial charge in [0.1, 0.15) is 0 Å². The Morgan fingerprint density at radius 2 is 1.94 bits per heavy atom. The third-order valence-corrected chi connectivity index (χ3v) is 7.74. The molecule has 0 amide bonds. The van der Waals surface area contributed by atoms with E-state index in [1.54, 1.807) is 42.5 Å². The van der Waals surface area contributed by atoms with Crippen LogP contribution < -0.4 is 10.5 Å². The van der Waals surface area contributed by atoms with Crippen LogP contribution in [0.1, 0.15) is 29.3 Å². The van der Waals surface area contributed by atoms with Gasteiger partial charge in [0.25, 0.3) is 10.0 Å². The monoisotopic (exact) mass is 449 g/mol. The number of nitrogens with two attached hydrogens (primary N) is 1. The summed E-state index contributed by atoms with van der Waals surface area (Å²) in [5, 5.41) is 10.5. The third kappa shape index (κ3) is 3.19. The molecule has 32 heavy (non-hydrogen) atoms. The molecular weight excluding hydrogens is 426 g/mol. The van der Waals surface area contributed by atoms with Crippen LogP contribution in [0.25, 0.3) is 22.2 Å². The molecular formula is C24H23N3O4S. The molecule has 0 fully saturated rings. The van der Waals surface area contributed by atoms with Crippen LogP contribution in [0.15, 0.2) is 65.6 Å². The van der Waals surface area contributed by atoms with Gasteiger partial charge in [-0.2, -0.15) is 0 Å². The summed E-state index contributed by atoms with van der Waals surface area (Å²) < 4.78 is 34.3. The van der Waals surface area contributed by atoms with Crippen LogP contribution >= 0.6 is 0 Å². The average molecular weight is 450 g/mol. The van der Waals surface area contributed by atoms with Crippen molar-refractivity contribution in [1.82, 2.24) is 8.96 Å². The van der Waals surface area contributed by atoms with E-state index in [0.29, 0.717) is 28.3 Å². The SMILES string of the molecule is COc1cc(-c2cc3c4c(ccc3n2S(=O)(=O)c2ccccc2)[C@H](N)CC4)cc(CO)n1. The molecule has 2 aromatic carbocycles. The van der Waals surface area contributed by atoms with Crippen molar-refractivity contribution in [3.8, 4) is 17.1 Å². The number of benzene rings is 2. The second-order valence-electron chi connectivity index (χ2n) is 7.87. The van der Waals surface area contributed by atoms with E-state index in [4.69, 9.17) is 10.5 Å². The fraction of sp³-hybridized carbons (Fsp3) is 0.208. The van der Waals surface area contributed by atoms with Crippen LogP contribution in [-0.2, 0) is 23.1 Å². The molecule has 0 aliphatic heterocycles. The van der Waals surface area contributed by atoms with Crippen molar-refractivity contribution < 1.29 is 18.3 Å². The van der Waals surface area contributed by atoms with E-state index in [2.05, 4.69) is 4.98 Å². The zero-order chi connectivity index (χ0) is 22.5. The Kier molecular flexibility index (Phi) is 5.00. The van der Waals surface area contributed by atoms with Crippen molar-refractivity contribution in [3.05, 3.63) is 77.5 Å². The highest BCUT2D eigenvalue weighted by atomic mass is 32.2. The minimum atomic E-state index is -3.91. The summed E-state index contributed by atoms with van der Waals surface area (Å²) in [6.45, 7) is -0.292. The lowest BCUT2D eigenvalue weighted by Crippen LogP contribution is -2.14. The fourth-order valence-corrected chi connectivity index (χ4v) is 6.01. The molecule has 0 bridgehead atoms. The molecule has 7 nitrogen and oxygen atoms in total. The summed E-state index contributed by atoms with van der Waals surface area (Å²) >= 11 is 0. The first-order chi connectivity index (χ1) is 15.4. The number of pyridine rings is 1. The van der Waals surface area contributed by atoms with E-state index in [1.807, 2.05) is 18.2 Å². The Labute approximate surface area is 186 Å². The number of hydrogen-bond donors (Lipinski definition) is 2. The minimum absolute atomic E-state index is 0.0473. The number of hydrogen-bond acceptors (Lipinski definition) is 6. The standard InChI is InChI=1S/C24H23N3O4S/c1-31-24-12-15(11-16(14-28)26-24)23-13-20-18-7-9-21(25)19(18)8-10-22(20)27(23)32(29,30)17-5-3-2-4-6-17/h2-6,8,10-13,21,28H,7,9,14,25H2,1H3/t21-/m1/s1. The Hall–Kier alpha value is -3.20. The van der Waals surface area contributed by atoms with Gasteiger partial charge < -0.3 is 15.6 Å². The first-order valence-electron chi connectivity index (χ1n) is 10.3. The van der Waals surface area contributed by atoms with Crippen LogP contribution in [-0.4, -0.2) is 29.6 Å². The number of aliphatic hydroxyl groups excluding tert-OH is 1. The maximum Gasteiger partial charge on any atom is 0.268 e. The van der Waals surface area contributed by atoms with E-state index in [9.17, 15) is 13.5 Å². The highest BCUT2D eigenvalue weighted by Gasteiger charge is 2.28. The van der Waals surface area contributed by atoms with Crippen molar-refractivity contribution >= 4 is 20.9 Å². The molecule has 1 aliphatic rings. The molecule has 0 spiro atoms. The fourth-order valence-electron chi connectivity index (χ4n) is 4.47. The molecule has 2 aromatic heterocycles. The molecule has 3 N–H and O–H groups in total. The van der Waals surface area contributed by atoms with Gasteiger partial charge in [-0.1, -0.05) is 24.3 Å². The zero-order valence-electron chi connectivity index (χ0n) is 17.5. The van der Waals surface area contributed by atoms with Crippen molar-refractivity contribution in [2.75, 3.05) is 7.11 Å². The topological polar surface area (TPSA) is 107 Å². The van der Waals surface area contributed by atoms with E-state index in [0.717, 1.165) is 29.4 Å². The molecule has 0 unspecified atom stereocenters. The van der Waals surface area contributed by atoms with Crippen LogP contribution in [0.5, 0.6) is 5.88 Å². The van der Waals surface area contributed by atoms with Crippen molar-refractivity contribution in [1.29, 1.82) is 0 Å². The van der Waals surface area contributed by atoms with Gasteiger partial charge in [-0.05, 0) is 54.3 Å². The highest BCUT2D eigenvalue weighted by Crippen LogP contribution is 2.40. The average Bonchev–Trinajstić information content (AvgIpc) is 3.40. The van der Waals surface area contributed by atoms with Gasteiger partial charge in [-0.25, -0.2) is 17.4 Å². The normalized spacial score (nSPS) is 15.8. The van der Waals surface area contributed by atoms with Gasteiger partial charge >= 0.3 is 0 Å². The number of aliphatic hydroxyl groups is 1. The highest BCUT2D eigenvalue weighted by molar-refractivity contribution is 7.90. The second kappa shape index (κ2) is 7.74. The van der Waals surface area contributed by atoms with Gasteiger partial charge in [-0.3, -0.25) is 0 Å². The first kappa shape index (κ1) is 20.7. The summed E-state index contributed by atoms with van der Waals surface area (Å²) in [5.41, 5.74) is 10.5. The largest absolute Gasteiger partial charge is 0.481 e. The third-order valence-electron chi connectivity index (χ3n) is 6.00. The van der Waals surface area contributed by atoms with Crippen LogP contribution in [0.4, 0.5) is 0 Å². The van der Waals surface area contributed by atoms with E-state index >= 15 is 0 Å². The van der Waals surface area contributed by atoms with E-state index in [1.165, 1.54) is 11.1 Å². The smallest absolute Gasteiger partial charge is 0.268 e. The maximum atomic E-state index is 13.8. The number of ether oxygens (including phenoxy) is 1. The lowest BCUT2D eigenvalue weighted by atomic mass is 10.0. The molecule has 1 aliphatic carbocycles. The molecule has 164 valence electrons. The molecule has 1 atom stereocenters. The molecule has 0 radical (unpaired) electrons. The zero-order valence-corrected chi connectivity index (χ0v) is 18.3. The lowest BCUT2D eigenvalue weighted by molar-refractivity contribution is 0.274. The van der Waals surface area contributed by atoms with Crippen LogP contribution in [0.3, 0.4) is 0 Å². The quantitative estimate of drug-likeness (QED) is 0.484. The number of fused-ring (bicyclic) bond motifs is 3. The Morgan fingerprint density at radius 3 is 2.66 bits per heavy atom. The summed E-state index contributed by atoms with van der Waals surface area (Å²) in [6.07, 6.45) is 1.63. The van der Waals surface area contributed by atoms with Gasteiger partial charge in [-0.15, -0.1) is 0 Å². The molecule has 0 saturated heterocycles. The van der Waals surface area contributed by atoms with Crippen LogP contribution in [0, 0.1) is 0 Å². The molecule has 0 saturated carbocycles. The predicted molar refractivity (Wildman–Crippen MR) is 122 cm³/mol. The van der Waals surface area contributed by atoms with Gasteiger partial charge in [0.15, 0.2) is 0 Å². The van der Waals surface area contributed by atoms with Gasteiger partial charge in [0.2, 0.25) is 5.88 Å². The molecule has 2 heterocycles. The number of rotatable bonds is 5. The molecule has 5 rings (SSSR count). The second-order valence-corrected chi connectivity index (χ2v) is 9.66. The molecule has 8 heteroatoms. The summed E-state index contributed by atoms with van der Waals surface area (Å²) in [7, 11) is -2.43.